The van der Waals surface area contributed by atoms with Gasteiger partial charge in [0.05, 0.1) is 23.0 Å². The van der Waals surface area contributed by atoms with E-state index in [9.17, 15) is 0 Å². The summed E-state index contributed by atoms with van der Waals surface area (Å²) in [4.78, 5) is 1.33. The van der Waals surface area contributed by atoms with Crippen LogP contribution >= 0.6 is 23.4 Å². The molecule has 2 heterocycles. The first kappa shape index (κ1) is 14.0. The van der Waals surface area contributed by atoms with Crippen LogP contribution in [-0.2, 0) is 6.42 Å². The Morgan fingerprint density at radius 1 is 1.40 bits per heavy atom. The van der Waals surface area contributed by atoms with Gasteiger partial charge < -0.3 is 5.73 Å². The average Bonchev–Trinajstić information content (AvgIpc) is 3.01. The molecule has 1 aromatic heterocycles. The van der Waals surface area contributed by atoms with E-state index in [1.165, 1.54) is 10.5 Å². The van der Waals surface area contributed by atoms with Crippen molar-refractivity contribution in [2.45, 2.75) is 42.5 Å². The molecule has 2 atom stereocenters. The molecule has 0 saturated carbocycles. The minimum atomic E-state index is -0.107. The Morgan fingerprint density at radius 2 is 2.15 bits per heavy atom. The normalized spacial score (nSPS) is 19.4. The number of benzene rings is 1. The topological polar surface area (TPSA) is 43.8 Å². The average molecular weight is 308 g/mol. The molecule has 3 nitrogen and oxygen atoms in total. The number of thioether (sulfide) groups is 1. The largest absolute Gasteiger partial charge is 0.322 e. The van der Waals surface area contributed by atoms with Gasteiger partial charge in [0.1, 0.15) is 0 Å². The van der Waals surface area contributed by atoms with Gasteiger partial charge in [-0.25, -0.2) is 0 Å². The number of hydrogen-bond acceptors (Lipinski definition) is 3. The molecule has 1 aliphatic heterocycles. The van der Waals surface area contributed by atoms with Crippen molar-refractivity contribution in [1.29, 1.82) is 0 Å². The van der Waals surface area contributed by atoms with Crippen LogP contribution in [0, 0.1) is 0 Å². The van der Waals surface area contributed by atoms with Crippen LogP contribution in [0.3, 0.4) is 0 Å². The summed E-state index contributed by atoms with van der Waals surface area (Å²) in [5.41, 5.74) is 8.83. The lowest BCUT2D eigenvalue weighted by Gasteiger charge is -2.21. The first-order valence-electron chi connectivity index (χ1n) is 6.81. The number of fused-ring (bicyclic) bond motifs is 1. The van der Waals surface area contributed by atoms with E-state index in [-0.39, 0.29) is 12.1 Å². The minimum absolute atomic E-state index is 0.107. The van der Waals surface area contributed by atoms with Gasteiger partial charge in [-0.2, -0.15) is 5.10 Å². The van der Waals surface area contributed by atoms with Gasteiger partial charge in [-0.1, -0.05) is 29.8 Å². The molecular formula is C15H18ClN3S. The molecule has 0 aliphatic carbocycles. The molecule has 2 N–H and O–H groups in total. The first-order valence-corrected chi connectivity index (χ1v) is 8.06. The van der Waals surface area contributed by atoms with Gasteiger partial charge >= 0.3 is 0 Å². The van der Waals surface area contributed by atoms with E-state index < -0.39 is 0 Å². The Morgan fingerprint density at radius 3 is 2.85 bits per heavy atom. The second-order valence-electron chi connectivity index (χ2n) is 5.41. The Labute approximate surface area is 128 Å². The van der Waals surface area contributed by atoms with Crippen LogP contribution in [0.25, 0.3) is 0 Å². The van der Waals surface area contributed by atoms with Crippen molar-refractivity contribution in [3.8, 4) is 0 Å². The standard InChI is InChI=1S/C15H18ClN3S/c1-9(2)19-15(11(16)8-18-19)14(17)13-7-10-5-3-4-6-12(10)20-13/h3-6,8-9,13-14H,7,17H2,1-2H3. The van der Waals surface area contributed by atoms with Gasteiger partial charge in [0.25, 0.3) is 0 Å². The number of rotatable bonds is 3. The van der Waals surface area contributed by atoms with Crippen molar-refractivity contribution < 1.29 is 0 Å². The zero-order chi connectivity index (χ0) is 14.3. The molecule has 0 bridgehead atoms. The van der Waals surface area contributed by atoms with Crippen LogP contribution in [0.2, 0.25) is 5.02 Å². The number of nitrogens with two attached hydrogens (primary N) is 1. The van der Waals surface area contributed by atoms with Crippen LogP contribution in [0.1, 0.15) is 37.2 Å². The summed E-state index contributed by atoms with van der Waals surface area (Å²) < 4.78 is 1.94. The quantitative estimate of drug-likeness (QED) is 0.937. The maximum Gasteiger partial charge on any atom is 0.0834 e. The predicted octanol–water partition coefficient (Wildman–Crippen LogP) is 3.83. The third kappa shape index (κ3) is 2.36. The SMILES string of the molecule is CC(C)n1ncc(Cl)c1C(N)C1Cc2ccccc2S1. The van der Waals surface area contributed by atoms with Crippen molar-refractivity contribution >= 4 is 23.4 Å². The Hall–Kier alpha value is -0.970. The van der Waals surface area contributed by atoms with Crippen molar-refractivity contribution in [2.24, 2.45) is 5.73 Å². The highest BCUT2D eigenvalue weighted by Crippen LogP contribution is 2.43. The van der Waals surface area contributed by atoms with Crippen molar-refractivity contribution in [1.82, 2.24) is 9.78 Å². The monoisotopic (exact) mass is 307 g/mol. The maximum atomic E-state index is 6.50. The second-order valence-corrected chi connectivity index (χ2v) is 7.10. The lowest BCUT2D eigenvalue weighted by molar-refractivity contribution is 0.481. The summed E-state index contributed by atoms with van der Waals surface area (Å²) in [6, 6.07) is 8.65. The second kappa shape index (κ2) is 5.43. The number of halogens is 1. The Balaban J connectivity index is 1.88. The summed E-state index contributed by atoms with van der Waals surface area (Å²) in [5, 5.41) is 5.34. The lowest BCUT2D eigenvalue weighted by Crippen LogP contribution is -2.27. The van der Waals surface area contributed by atoms with E-state index in [1.54, 1.807) is 6.20 Å². The molecule has 20 heavy (non-hydrogen) atoms. The van der Waals surface area contributed by atoms with Gasteiger partial charge in [-0.05, 0) is 31.9 Å². The molecule has 0 spiro atoms. The summed E-state index contributed by atoms with van der Waals surface area (Å²) >= 11 is 8.15. The number of nitrogens with zero attached hydrogens (tertiary/aromatic N) is 2. The summed E-state index contributed by atoms with van der Waals surface area (Å²) in [5.74, 6) is 0. The van der Waals surface area contributed by atoms with Gasteiger partial charge in [-0.15, -0.1) is 11.8 Å². The van der Waals surface area contributed by atoms with E-state index in [0.717, 1.165) is 12.1 Å². The molecule has 5 heteroatoms. The van der Waals surface area contributed by atoms with Gasteiger partial charge in [0.2, 0.25) is 0 Å². The number of aromatic nitrogens is 2. The molecule has 0 fully saturated rings. The third-order valence-corrected chi connectivity index (χ3v) is 5.37. The summed E-state index contributed by atoms with van der Waals surface area (Å²) in [6.45, 7) is 4.19. The van der Waals surface area contributed by atoms with Crippen molar-refractivity contribution in [3.05, 3.63) is 46.7 Å². The van der Waals surface area contributed by atoms with Crippen LogP contribution in [0.4, 0.5) is 0 Å². The molecule has 2 aromatic rings. The van der Waals surface area contributed by atoms with E-state index in [2.05, 4.69) is 43.2 Å². The maximum absolute atomic E-state index is 6.50. The molecular weight excluding hydrogens is 290 g/mol. The van der Waals surface area contributed by atoms with Crippen LogP contribution in [0.15, 0.2) is 35.4 Å². The highest BCUT2D eigenvalue weighted by atomic mass is 35.5. The minimum Gasteiger partial charge on any atom is -0.322 e. The molecule has 1 aromatic carbocycles. The van der Waals surface area contributed by atoms with Gasteiger partial charge in [-0.3, -0.25) is 4.68 Å². The molecule has 106 valence electrons. The van der Waals surface area contributed by atoms with Crippen molar-refractivity contribution in [2.75, 3.05) is 0 Å². The molecule has 0 amide bonds. The lowest BCUT2D eigenvalue weighted by atomic mass is 10.0. The molecule has 0 saturated heterocycles. The van der Waals surface area contributed by atoms with Crippen LogP contribution in [-0.4, -0.2) is 15.0 Å². The fourth-order valence-electron chi connectivity index (χ4n) is 2.66. The summed E-state index contributed by atoms with van der Waals surface area (Å²) in [6.07, 6.45) is 2.69. The van der Waals surface area contributed by atoms with Crippen LogP contribution in [0.5, 0.6) is 0 Å². The molecule has 1 aliphatic rings. The van der Waals surface area contributed by atoms with E-state index in [4.69, 9.17) is 17.3 Å². The van der Waals surface area contributed by atoms with Crippen LogP contribution < -0.4 is 5.73 Å². The Kier molecular flexibility index (Phi) is 3.80. The van der Waals surface area contributed by atoms with E-state index >= 15 is 0 Å². The van der Waals surface area contributed by atoms with Gasteiger partial charge in [0.15, 0.2) is 0 Å². The third-order valence-electron chi connectivity index (χ3n) is 3.66. The highest BCUT2D eigenvalue weighted by Gasteiger charge is 2.31. The van der Waals surface area contributed by atoms with E-state index in [0.29, 0.717) is 10.3 Å². The van der Waals surface area contributed by atoms with Crippen molar-refractivity contribution in [3.63, 3.8) is 0 Å². The summed E-state index contributed by atoms with van der Waals surface area (Å²) in [7, 11) is 0. The molecule has 0 radical (unpaired) electrons. The fraction of sp³-hybridized carbons (Fsp3) is 0.400. The zero-order valence-electron chi connectivity index (χ0n) is 11.6. The fourth-order valence-corrected chi connectivity index (χ4v) is 4.24. The zero-order valence-corrected chi connectivity index (χ0v) is 13.2. The molecule has 3 rings (SSSR count). The Bertz CT molecular complexity index is 598. The van der Waals surface area contributed by atoms with Gasteiger partial charge in [0, 0.05) is 16.2 Å². The predicted molar refractivity (Wildman–Crippen MR) is 84.3 cm³/mol. The highest BCUT2D eigenvalue weighted by molar-refractivity contribution is 8.00. The van der Waals surface area contributed by atoms with E-state index in [1.807, 2.05) is 16.4 Å². The smallest absolute Gasteiger partial charge is 0.0834 e. The molecule has 2 unspecified atom stereocenters. The first-order chi connectivity index (χ1) is 9.58. The number of hydrogen-bond donors (Lipinski definition) is 1.